The molecule has 0 amide bonds. The minimum Gasteiger partial charge on any atom is -0.486 e. The highest BCUT2D eigenvalue weighted by Crippen LogP contribution is 2.28. The lowest BCUT2D eigenvalue weighted by Gasteiger charge is -2.17. The van der Waals surface area contributed by atoms with Crippen LogP contribution in [0.2, 0.25) is 0 Å². The first-order chi connectivity index (χ1) is 9.90. The van der Waals surface area contributed by atoms with Crippen molar-refractivity contribution in [2.24, 2.45) is 0 Å². The van der Waals surface area contributed by atoms with E-state index in [1.807, 2.05) is 62.4 Å². The fourth-order valence-electron chi connectivity index (χ4n) is 1.50. The highest BCUT2D eigenvalue weighted by molar-refractivity contribution is 5.40. The number of nitriles is 1. The van der Waals surface area contributed by atoms with Crippen LogP contribution < -0.4 is 9.47 Å². The fourth-order valence-corrected chi connectivity index (χ4v) is 1.50. The summed E-state index contributed by atoms with van der Waals surface area (Å²) in [5.74, 6) is 1.71. The topological polar surface area (TPSA) is 42.2 Å². The molecule has 0 radical (unpaired) electrons. The maximum Gasteiger partial charge on any atom is 0.161 e. The van der Waals surface area contributed by atoms with Gasteiger partial charge in [0.1, 0.15) is 13.2 Å². The van der Waals surface area contributed by atoms with Crippen molar-refractivity contribution in [2.45, 2.75) is 13.8 Å². The van der Waals surface area contributed by atoms with Gasteiger partial charge < -0.3 is 9.47 Å². The van der Waals surface area contributed by atoms with Gasteiger partial charge in [0.05, 0.1) is 11.6 Å². The van der Waals surface area contributed by atoms with Gasteiger partial charge in [0.25, 0.3) is 0 Å². The Morgan fingerprint density at radius 3 is 1.65 bits per heavy atom. The molecule has 0 aliphatic carbocycles. The van der Waals surface area contributed by atoms with Crippen LogP contribution in [-0.4, -0.2) is 13.2 Å². The summed E-state index contributed by atoms with van der Waals surface area (Å²) >= 11 is 0. The van der Waals surface area contributed by atoms with Crippen molar-refractivity contribution in [1.82, 2.24) is 0 Å². The van der Waals surface area contributed by atoms with Crippen molar-refractivity contribution < 1.29 is 9.47 Å². The predicted octanol–water partition coefficient (Wildman–Crippen LogP) is 4.04. The number of hydrogen-bond acceptors (Lipinski definition) is 3. The molecule has 0 unspecified atom stereocenters. The Hall–Kier alpha value is -2.47. The fraction of sp³-hybridized carbons (Fsp3) is 0.235. The Bertz CT molecular complexity index is 507. The molecule has 1 aliphatic rings. The second kappa shape index (κ2) is 9.46. The monoisotopic (exact) mass is 269 g/mol. The third kappa shape index (κ3) is 5.03. The number of rotatable bonds is 0. The highest BCUT2D eigenvalue weighted by Gasteiger charge is 2.07. The lowest BCUT2D eigenvalue weighted by molar-refractivity contribution is 0.171. The molecule has 3 heteroatoms. The maximum absolute atomic E-state index is 8.29. The average molecular weight is 269 g/mol. The lowest BCUT2D eigenvalue weighted by atomic mass is 10.2. The summed E-state index contributed by atoms with van der Waals surface area (Å²) in [5, 5.41) is 8.29. The molecule has 2 aromatic rings. The Kier molecular flexibility index (Phi) is 7.37. The normalized spacial score (nSPS) is 10.8. The van der Waals surface area contributed by atoms with Gasteiger partial charge in [0, 0.05) is 0 Å². The van der Waals surface area contributed by atoms with Crippen molar-refractivity contribution in [2.75, 3.05) is 13.2 Å². The zero-order valence-corrected chi connectivity index (χ0v) is 11.9. The molecule has 0 spiro atoms. The molecule has 3 nitrogen and oxygen atoms in total. The quantitative estimate of drug-likeness (QED) is 0.724. The Morgan fingerprint density at radius 1 is 0.800 bits per heavy atom. The van der Waals surface area contributed by atoms with Crippen LogP contribution in [0.4, 0.5) is 0 Å². The number of hydrogen-bond donors (Lipinski definition) is 0. The molecule has 1 heterocycles. The van der Waals surface area contributed by atoms with Crippen LogP contribution in [0.5, 0.6) is 11.5 Å². The molecule has 2 aromatic carbocycles. The molecule has 0 bridgehead atoms. The predicted molar refractivity (Wildman–Crippen MR) is 79.9 cm³/mol. The average Bonchev–Trinajstić information content (AvgIpc) is 2.58. The van der Waals surface area contributed by atoms with Crippen LogP contribution >= 0.6 is 0 Å². The summed E-state index contributed by atoms with van der Waals surface area (Å²) in [6.45, 7) is 5.33. The molecule has 20 heavy (non-hydrogen) atoms. The second-order valence-corrected chi connectivity index (χ2v) is 3.62. The minimum atomic E-state index is 0.664. The van der Waals surface area contributed by atoms with Gasteiger partial charge in [0.2, 0.25) is 0 Å². The lowest BCUT2D eigenvalue weighted by Crippen LogP contribution is -2.14. The molecular formula is C17H19NO2. The molecule has 0 saturated carbocycles. The van der Waals surface area contributed by atoms with Crippen LogP contribution in [-0.2, 0) is 0 Å². The smallest absolute Gasteiger partial charge is 0.161 e. The van der Waals surface area contributed by atoms with Gasteiger partial charge in [-0.1, -0.05) is 44.2 Å². The van der Waals surface area contributed by atoms with Crippen LogP contribution in [0.25, 0.3) is 0 Å². The van der Waals surface area contributed by atoms with Crippen LogP contribution in [0.15, 0.2) is 54.6 Å². The summed E-state index contributed by atoms with van der Waals surface area (Å²) in [6.07, 6.45) is 0. The molecule has 1 aliphatic heterocycles. The van der Waals surface area contributed by atoms with Gasteiger partial charge in [-0.2, -0.15) is 5.26 Å². The third-order valence-electron chi connectivity index (χ3n) is 2.35. The van der Waals surface area contributed by atoms with E-state index in [1.165, 1.54) is 0 Å². The summed E-state index contributed by atoms with van der Waals surface area (Å²) in [5.41, 5.74) is 0.715. The van der Waals surface area contributed by atoms with E-state index in [0.717, 1.165) is 11.5 Å². The maximum atomic E-state index is 8.29. The van der Waals surface area contributed by atoms with Crippen molar-refractivity contribution in [1.29, 1.82) is 5.26 Å². The summed E-state index contributed by atoms with van der Waals surface area (Å²) in [4.78, 5) is 0. The van der Waals surface area contributed by atoms with Crippen LogP contribution in [0.1, 0.15) is 19.4 Å². The number of fused-ring (bicyclic) bond motifs is 1. The van der Waals surface area contributed by atoms with Crippen molar-refractivity contribution in [3.8, 4) is 17.6 Å². The molecule has 0 aromatic heterocycles. The van der Waals surface area contributed by atoms with Crippen molar-refractivity contribution in [3.05, 3.63) is 60.2 Å². The first-order valence-corrected chi connectivity index (χ1v) is 6.70. The van der Waals surface area contributed by atoms with Gasteiger partial charge in [0.15, 0.2) is 11.5 Å². The molecular weight excluding hydrogens is 250 g/mol. The zero-order chi connectivity index (χ0) is 14.6. The Morgan fingerprint density at radius 2 is 1.25 bits per heavy atom. The van der Waals surface area contributed by atoms with E-state index < -0.39 is 0 Å². The van der Waals surface area contributed by atoms with Gasteiger partial charge in [-0.3, -0.25) is 0 Å². The second-order valence-electron chi connectivity index (χ2n) is 3.62. The number of nitrogens with zero attached hydrogens (tertiary/aromatic N) is 1. The van der Waals surface area contributed by atoms with Gasteiger partial charge in [-0.25, -0.2) is 0 Å². The molecule has 0 saturated heterocycles. The van der Waals surface area contributed by atoms with Gasteiger partial charge in [-0.15, -0.1) is 0 Å². The van der Waals surface area contributed by atoms with E-state index in [1.54, 1.807) is 12.1 Å². The molecule has 0 N–H and O–H groups in total. The highest BCUT2D eigenvalue weighted by atomic mass is 16.6. The van der Waals surface area contributed by atoms with E-state index in [-0.39, 0.29) is 0 Å². The number of benzene rings is 2. The summed E-state index contributed by atoms with van der Waals surface area (Å²) in [7, 11) is 0. The van der Waals surface area contributed by atoms with Gasteiger partial charge in [-0.05, 0) is 24.3 Å². The minimum absolute atomic E-state index is 0.664. The Labute approximate surface area is 120 Å². The molecule has 0 fully saturated rings. The van der Waals surface area contributed by atoms with Crippen molar-refractivity contribution in [3.63, 3.8) is 0 Å². The largest absolute Gasteiger partial charge is 0.486 e. The Balaban J connectivity index is 0.000000182. The van der Waals surface area contributed by atoms with E-state index in [0.29, 0.717) is 18.8 Å². The van der Waals surface area contributed by atoms with Crippen LogP contribution in [0.3, 0.4) is 0 Å². The number of para-hydroxylation sites is 2. The molecule has 0 atom stereocenters. The third-order valence-corrected chi connectivity index (χ3v) is 2.35. The molecule has 3 rings (SSSR count). The summed E-state index contributed by atoms with van der Waals surface area (Å²) < 4.78 is 10.6. The van der Waals surface area contributed by atoms with Crippen molar-refractivity contribution >= 4 is 0 Å². The van der Waals surface area contributed by atoms with Crippen LogP contribution in [0, 0.1) is 11.3 Å². The molecule has 104 valence electrons. The van der Waals surface area contributed by atoms with E-state index in [9.17, 15) is 0 Å². The van der Waals surface area contributed by atoms with E-state index in [4.69, 9.17) is 14.7 Å². The van der Waals surface area contributed by atoms with E-state index in [2.05, 4.69) is 0 Å². The first kappa shape index (κ1) is 15.6. The number of ether oxygens (including phenoxy) is 2. The first-order valence-electron chi connectivity index (χ1n) is 6.70. The zero-order valence-electron chi connectivity index (χ0n) is 11.9. The SMILES string of the molecule is CC.N#Cc1ccccc1.c1ccc2c(c1)OCCO2. The van der Waals surface area contributed by atoms with E-state index >= 15 is 0 Å². The van der Waals surface area contributed by atoms with Gasteiger partial charge >= 0.3 is 0 Å². The summed E-state index contributed by atoms with van der Waals surface area (Å²) in [6, 6.07) is 18.9. The standard InChI is InChI=1S/C8H8O2.C7H5N.C2H6/c1-2-4-8-7(3-1)9-5-6-10-8;8-6-7-4-2-1-3-5-7;1-2/h1-4H,5-6H2;1-5H;1-2H3.